The van der Waals surface area contributed by atoms with Crippen LogP contribution in [0, 0.1) is 12.3 Å². The first-order valence-electron chi connectivity index (χ1n) is 9.64. The number of hydrogen-bond acceptors (Lipinski definition) is 6. The lowest BCUT2D eigenvalue weighted by molar-refractivity contribution is -0.194. The van der Waals surface area contributed by atoms with Gasteiger partial charge in [-0.2, -0.15) is 18.3 Å². The quantitative estimate of drug-likeness (QED) is 0.498. The fourth-order valence-electron chi connectivity index (χ4n) is 3.06. The first-order valence-corrected chi connectivity index (χ1v) is 11.2. The van der Waals surface area contributed by atoms with E-state index in [1.165, 1.54) is 40.0 Å². The van der Waals surface area contributed by atoms with Gasteiger partial charge in [0.2, 0.25) is 5.88 Å². The average molecular weight is 503 g/mol. The summed E-state index contributed by atoms with van der Waals surface area (Å²) in [5, 5.41) is 7.96. The van der Waals surface area contributed by atoms with E-state index in [1.807, 2.05) is 0 Å². The Bertz CT molecular complexity index is 1240. The molecule has 1 N–H and O–H groups in total. The summed E-state index contributed by atoms with van der Waals surface area (Å²) in [6, 6.07) is 4.22. The van der Waals surface area contributed by atoms with Gasteiger partial charge in [-0.1, -0.05) is 11.6 Å². The second-order valence-corrected chi connectivity index (χ2v) is 9.16. The Labute approximate surface area is 193 Å². The SMILES string of the molecule is Cc1nn(C)cc1S(=O)NC(=O)c1ccc(-n2ccc(OCC3(C(F)(F)F)CC3)n2)nc1Cl. The van der Waals surface area contributed by atoms with E-state index in [-0.39, 0.29) is 35.3 Å². The maximum Gasteiger partial charge on any atom is 0.397 e. The summed E-state index contributed by atoms with van der Waals surface area (Å²) < 4.78 is 61.8. The molecule has 1 saturated carbocycles. The van der Waals surface area contributed by atoms with E-state index in [1.54, 1.807) is 14.0 Å². The van der Waals surface area contributed by atoms with Crippen molar-refractivity contribution < 1.29 is 26.9 Å². The Hall–Kier alpha value is -2.93. The van der Waals surface area contributed by atoms with Gasteiger partial charge in [-0.3, -0.25) is 14.2 Å². The van der Waals surface area contributed by atoms with Crippen LogP contribution in [0.1, 0.15) is 28.9 Å². The fraction of sp³-hybridized carbons (Fsp3) is 0.368. The minimum absolute atomic E-state index is 0.00695. The molecule has 176 valence electrons. The Morgan fingerprint density at radius 1 is 1.30 bits per heavy atom. The van der Waals surface area contributed by atoms with Crippen LogP contribution in [0.2, 0.25) is 5.15 Å². The zero-order valence-corrected chi connectivity index (χ0v) is 19.0. The molecule has 4 rings (SSSR count). The van der Waals surface area contributed by atoms with Gasteiger partial charge in [0.25, 0.3) is 5.91 Å². The molecule has 0 bridgehead atoms. The summed E-state index contributed by atoms with van der Waals surface area (Å²) in [6.07, 6.45) is -1.28. The third kappa shape index (κ3) is 4.74. The van der Waals surface area contributed by atoms with E-state index in [0.717, 1.165) is 0 Å². The van der Waals surface area contributed by atoms with Gasteiger partial charge in [0.15, 0.2) is 16.8 Å². The zero-order chi connectivity index (χ0) is 24.0. The van der Waals surface area contributed by atoms with E-state index in [2.05, 4.69) is 19.9 Å². The van der Waals surface area contributed by atoms with Gasteiger partial charge in [0.1, 0.15) is 22.1 Å². The van der Waals surface area contributed by atoms with Crippen molar-refractivity contribution in [3.05, 3.63) is 47.0 Å². The van der Waals surface area contributed by atoms with Crippen LogP contribution in [-0.2, 0) is 18.0 Å². The Morgan fingerprint density at radius 3 is 2.61 bits per heavy atom. The van der Waals surface area contributed by atoms with Crippen molar-refractivity contribution in [1.82, 2.24) is 29.3 Å². The molecular weight excluding hydrogens is 485 g/mol. The van der Waals surface area contributed by atoms with Crippen molar-refractivity contribution in [3.63, 3.8) is 0 Å². The largest absolute Gasteiger partial charge is 0.476 e. The van der Waals surface area contributed by atoms with Crippen molar-refractivity contribution >= 4 is 28.5 Å². The van der Waals surface area contributed by atoms with Gasteiger partial charge in [0.05, 0.1) is 11.3 Å². The lowest BCUT2D eigenvalue weighted by Gasteiger charge is -2.18. The highest BCUT2D eigenvalue weighted by Crippen LogP contribution is 2.57. The molecule has 1 unspecified atom stereocenters. The maximum absolute atomic E-state index is 13.0. The maximum atomic E-state index is 13.0. The van der Waals surface area contributed by atoms with Gasteiger partial charge in [0, 0.05) is 25.5 Å². The van der Waals surface area contributed by atoms with Crippen LogP contribution >= 0.6 is 11.6 Å². The molecular formula is C19H18ClF3N6O3S. The number of nitrogens with zero attached hydrogens (tertiary/aromatic N) is 5. The summed E-state index contributed by atoms with van der Waals surface area (Å²) in [7, 11) is -0.178. The highest BCUT2D eigenvalue weighted by molar-refractivity contribution is 7.83. The third-order valence-electron chi connectivity index (χ3n) is 5.18. The molecule has 0 aliphatic heterocycles. The zero-order valence-electron chi connectivity index (χ0n) is 17.4. The fourth-order valence-corrected chi connectivity index (χ4v) is 4.24. The molecule has 3 heterocycles. The van der Waals surface area contributed by atoms with E-state index >= 15 is 0 Å². The number of rotatable bonds is 7. The minimum atomic E-state index is -4.32. The summed E-state index contributed by atoms with van der Waals surface area (Å²) in [5.74, 6) is -0.480. The summed E-state index contributed by atoms with van der Waals surface area (Å²) in [4.78, 5) is 16.9. The number of aryl methyl sites for hydroxylation is 2. The van der Waals surface area contributed by atoms with Crippen LogP contribution in [0.15, 0.2) is 35.5 Å². The van der Waals surface area contributed by atoms with Gasteiger partial charge < -0.3 is 4.74 Å². The number of ether oxygens (including phenoxy) is 1. The van der Waals surface area contributed by atoms with E-state index in [9.17, 15) is 22.2 Å². The first-order chi connectivity index (χ1) is 15.5. The number of carbonyl (C=O) groups is 1. The Morgan fingerprint density at radius 2 is 2.03 bits per heavy atom. The number of pyridine rings is 1. The van der Waals surface area contributed by atoms with Crippen molar-refractivity contribution in [2.75, 3.05) is 6.61 Å². The van der Waals surface area contributed by atoms with Crippen LogP contribution in [0.5, 0.6) is 5.88 Å². The number of nitrogens with one attached hydrogen (secondary N) is 1. The van der Waals surface area contributed by atoms with E-state index < -0.39 is 35.1 Å². The standard InChI is InChI=1S/C19H18ClF3N6O3S/c1-11-13(9-28(2)25-11)33(31)27-17(30)12-3-4-14(24-16(12)20)29-8-5-15(26-29)32-10-18(6-7-18)19(21,22)23/h3-5,8-9H,6-7,10H2,1-2H3,(H,27,30). The van der Waals surface area contributed by atoms with Crippen LogP contribution in [0.4, 0.5) is 13.2 Å². The molecule has 0 saturated heterocycles. The number of carbonyl (C=O) groups excluding carboxylic acids is 1. The monoisotopic (exact) mass is 502 g/mol. The number of aromatic nitrogens is 5. The molecule has 3 aromatic heterocycles. The van der Waals surface area contributed by atoms with Gasteiger partial charge >= 0.3 is 6.18 Å². The molecule has 3 aromatic rings. The number of hydrogen-bond donors (Lipinski definition) is 1. The molecule has 9 nitrogen and oxygen atoms in total. The van der Waals surface area contributed by atoms with Crippen LogP contribution < -0.4 is 9.46 Å². The minimum Gasteiger partial charge on any atom is -0.476 e. The van der Waals surface area contributed by atoms with Gasteiger partial charge in [-0.25, -0.2) is 13.9 Å². The molecule has 0 spiro atoms. The molecule has 1 amide bonds. The summed E-state index contributed by atoms with van der Waals surface area (Å²) in [6.45, 7) is 1.16. The average Bonchev–Trinajstić information content (AvgIpc) is 3.27. The number of amides is 1. The third-order valence-corrected chi connectivity index (χ3v) is 6.64. The normalized spacial score (nSPS) is 15.8. The molecule has 1 aliphatic carbocycles. The topological polar surface area (TPSA) is 104 Å². The predicted octanol–water partition coefficient (Wildman–Crippen LogP) is 3.14. The highest BCUT2D eigenvalue weighted by Gasteiger charge is 2.64. The second kappa shape index (κ2) is 8.45. The summed E-state index contributed by atoms with van der Waals surface area (Å²) in [5.41, 5.74) is -1.31. The smallest absolute Gasteiger partial charge is 0.397 e. The van der Waals surface area contributed by atoms with E-state index in [0.29, 0.717) is 10.6 Å². The Kier molecular flexibility index (Phi) is 5.95. The summed E-state index contributed by atoms with van der Waals surface area (Å²) >= 11 is 6.14. The number of alkyl halides is 3. The molecule has 14 heteroatoms. The van der Waals surface area contributed by atoms with Crippen LogP contribution in [-0.4, -0.2) is 47.4 Å². The molecule has 33 heavy (non-hydrogen) atoms. The lowest BCUT2D eigenvalue weighted by atomic mass is 10.1. The van der Waals surface area contributed by atoms with Crippen LogP contribution in [0.3, 0.4) is 0 Å². The molecule has 0 radical (unpaired) electrons. The highest BCUT2D eigenvalue weighted by atomic mass is 35.5. The molecule has 1 fully saturated rings. The van der Waals surface area contributed by atoms with Gasteiger partial charge in [-0.05, 0) is 31.9 Å². The first kappa shape index (κ1) is 23.2. The van der Waals surface area contributed by atoms with Crippen LogP contribution in [0.25, 0.3) is 5.82 Å². The second-order valence-electron chi connectivity index (χ2n) is 7.63. The molecule has 1 aliphatic rings. The van der Waals surface area contributed by atoms with E-state index in [4.69, 9.17) is 16.3 Å². The number of halogens is 4. The van der Waals surface area contributed by atoms with Crippen molar-refractivity contribution in [3.8, 4) is 11.7 Å². The molecule has 1 atom stereocenters. The van der Waals surface area contributed by atoms with Crippen molar-refractivity contribution in [2.24, 2.45) is 12.5 Å². The lowest BCUT2D eigenvalue weighted by Crippen LogP contribution is -2.30. The predicted molar refractivity (Wildman–Crippen MR) is 111 cm³/mol. The Balaban J connectivity index is 1.43. The van der Waals surface area contributed by atoms with Crippen molar-refractivity contribution in [1.29, 1.82) is 0 Å². The van der Waals surface area contributed by atoms with Gasteiger partial charge in [-0.15, -0.1) is 5.10 Å². The van der Waals surface area contributed by atoms with Crippen molar-refractivity contribution in [2.45, 2.75) is 30.8 Å². The molecule has 0 aromatic carbocycles.